The van der Waals surface area contributed by atoms with Crippen molar-refractivity contribution >= 4 is 18.4 Å². The summed E-state index contributed by atoms with van der Waals surface area (Å²) >= 11 is 0. The van der Waals surface area contributed by atoms with Crippen LogP contribution in [-0.4, -0.2) is 26.2 Å². The molecule has 4 heteroatoms. The molecular formula is C8H18ClNO2. The highest BCUT2D eigenvalue weighted by Gasteiger charge is 2.30. The minimum atomic E-state index is -0.229. The van der Waals surface area contributed by atoms with Crippen molar-refractivity contribution < 1.29 is 9.53 Å². The summed E-state index contributed by atoms with van der Waals surface area (Å²) in [4.78, 5) is 11.1. The van der Waals surface area contributed by atoms with Gasteiger partial charge in [-0.05, 0) is 12.5 Å². The maximum atomic E-state index is 11.1. The molecule has 1 N–H and O–H groups in total. The number of rotatable bonds is 2. The van der Waals surface area contributed by atoms with Crippen molar-refractivity contribution in [3.63, 3.8) is 0 Å². The van der Waals surface area contributed by atoms with E-state index in [-0.39, 0.29) is 29.8 Å². The maximum absolute atomic E-state index is 11.1. The first kappa shape index (κ1) is 14.3. The van der Waals surface area contributed by atoms with E-state index in [1.165, 1.54) is 7.11 Å². The maximum Gasteiger partial charge on any atom is 0.323 e. The van der Waals surface area contributed by atoms with Crippen LogP contribution in [0.15, 0.2) is 0 Å². The van der Waals surface area contributed by atoms with Crippen molar-refractivity contribution in [1.82, 2.24) is 5.32 Å². The Morgan fingerprint density at radius 1 is 1.42 bits per heavy atom. The van der Waals surface area contributed by atoms with Crippen LogP contribution in [0.4, 0.5) is 0 Å². The Bertz CT molecular complexity index is 142. The molecule has 3 nitrogen and oxygen atoms in total. The van der Waals surface area contributed by atoms with Gasteiger partial charge in [0.2, 0.25) is 0 Å². The van der Waals surface area contributed by atoms with Gasteiger partial charge >= 0.3 is 5.97 Å². The number of nitrogens with one attached hydrogen (secondary N) is 1. The molecule has 1 atom stereocenters. The SMILES string of the molecule is CN[C@H](C(=O)OC)C(C)(C)C.Cl. The van der Waals surface area contributed by atoms with Crippen LogP contribution in [0.2, 0.25) is 0 Å². The summed E-state index contributed by atoms with van der Waals surface area (Å²) in [7, 11) is 3.16. The second-order valence-corrected chi connectivity index (χ2v) is 3.61. The Kier molecular flexibility index (Phi) is 6.39. The average molecular weight is 196 g/mol. The van der Waals surface area contributed by atoms with Gasteiger partial charge < -0.3 is 10.1 Å². The zero-order valence-electron chi connectivity index (χ0n) is 8.30. The third-order valence-corrected chi connectivity index (χ3v) is 1.59. The van der Waals surface area contributed by atoms with Crippen LogP contribution in [0, 0.1) is 5.41 Å². The van der Waals surface area contributed by atoms with Gasteiger partial charge in [0.15, 0.2) is 0 Å². The van der Waals surface area contributed by atoms with Crippen LogP contribution in [0.3, 0.4) is 0 Å². The highest BCUT2D eigenvalue weighted by molar-refractivity contribution is 5.85. The number of methoxy groups -OCH3 is 1. The van der Waals surface area contributed by atoms with Gasteiger partial charge in [0.05, 0.1) is 7.11 Å². The molecule has 12 heavy (non-hydrogen) atoms. The number of hydrogen-bond acceptors (Lipinski definition) is 3. The molecule has 0 saturated carbocycles. The molecule has 0 saturated heterocycles. The third-order valence-electron chi connectivity index (χ3n) is 1.59. The van der Waals surface area contributed by atoms with Crippen molar-refractivity contribution in [1.29, 1.82) is 0 Å². The first-order chi connectivity index (χ1) is 4.93. The van der Waals surface area contributed by atoms with Gasteiger partial charge in [-0.2, -0.15) is 0 Å². The van der Waals surface area contributed by atoms with Gasteiger partial charge in [0.1, 0.15) is 6.04 Å². The Morgan fingerprint density at radius 3 is 1.92 bits per heavy atom. The lowest BCUT2D eigenvalue weighted by atomic mass is 9.87. The summed E-state index contributed by atoms with van der Waals surface area (Å²) in [6, 6.07) is -0.229. The lowest BCUT2D eigenvalue weighted by Crippen LogP contribution is -2.45. The number of hydrogen-bond donors (Lipinski definition) is 1. The van der Waals surface area contributed by atoms with E-state index < -0.39 is 0 Å². The summed E-state index contributed by atoms with van der Waals surface area (Å²) in [6.07, 6.45) is 0. The van der Waals surface area contributed by atoms with E-state index in [2.05, 4.69) is 10.1 Å². The van der Waals surface area contributed by atoms with Crippen LogP contribution in [-0.2, 0) is 9.53 Å². The lowest BCUT2D eigenvalue weighted by Gasteiger charge is -2.27. The summed E-state index contributed by atoms with van der Waals surface area (Å²) in [5.41, 5.74) is -0.0954. The van der Waals surface area contributed by atoms with E-state index in [9.17, 15) is 4.79 Å². The third kappa shape index (κ3) is 3.93. The summed E-state index contributed by atoms with van der Waals surface area (Å²) in [5, 5.41) is 2.92. The van der Waals surface area contributed by atoms with Crippen molar-refractivity contribution in [3.8, 4) is 0 Å². The molecule has 0 aromatic carbocycles. The smallest absolute Gasteiger partial charge is 0.323 e. The van der Waals surface area contributed by atoms with Crippen molar-refractivity contribution in [3.05, 3.63) is 0 Å². The number of esters is 1. The standard InChI is InChI=1S/C8H17NO2.ClH/c1-8(2,3)6(9-4)7(10)11-5;/h6,9H,1-5H3;1H/t6-;/m1./s1. The second-order valence-electron chi connectivity index (χ2n) is 3.61. The summed E-state index contributed by atoms with van der Waals surface area (Å²) in [5.74, 6) is -0.208. The number of likely N-dealkylation sites (N-methyl/N-ethyl adjacent to an activating group) is 1. The molecule has 0 bridgehead atoms. The molecule has 0 aliphatic rings. The average Bonchev–Trinajstić information content (AvgIpc) is 1.86. The van der Waals surface area contributed by atoms with Crippen LogP contribution < -0.4 is 5.32 Å². The van der Waals surface area contributed by atoms with Crippen LogP contribution in [0.5, 0.6) is 0 Å². The Labute approximate surface area is 80.3 Å². The molecule has 0 radical (unpaired) electrons. The van der Waals surface area contributed by atoms with Gasteiger partial charge in [-0.3, -0.25) is 4.79 Å². The summed E-state index contributed by atoms with van der Waals surface area (Å²) in [6.45, 7) is 5.97. The highest BCUT2D eigenvalue weighted by atomic mass is 35.5. The molecule has 0 aromatic heterocycles. The van der Waals surface area contributed by atoms with E-state index in [1.807, 2.05) is 20.8 Å². The van der Waals surface area contributed by atoms with Gasteiger partial charge in [0, 0.05) is 0 Å². The monoisotopic (exact) mass is 195 g/mol. The van der Waals surface area contributed by atoms with Gasteiger partial charge in [0.25, 0.3) is 0 Å². The molecule has 0 aromatic rings. The zero-order valence-corrected chi connectivity index (χ0v) is 9.12. The van der Waals surface area contributed by atoms with Gasteiger partial charge in [-0.15, -0.1) is 12.4 Å². The fraction of sp³-hybridized carbons (Fsp3) is 0.875. The molecule has 0 fully saturated rings. The molecule has 0 aliphatic carbocycles. The van der Waals surface area contributed by atoms with Gasteiger partial charge in [-0.25, -0.2) is 0 Å². The van der Waals surface area contributed by atoms with E-state index in [4.69, 9.17) is 0 Å². The fourth-order valence-electron chi connectivity index (χ4n) is 1.02. The molecule has 0 spiro atoms. The lowest BCUT2D eigenvalue weighted by molar-refractivity contribution is -0.145. The normalized spacial score (nSPS) is 13.1. The van der Waals surface area contributed by atoms with Crippen LogP contribution in [0.25, 0.3) is 0 Å². The highest BCUT2D eigenvalue weighted by Crippen LogP contribution is 2.19. The Balaban J connectivity index is 0. The predicted molar refractivity (Wildman–Crippen MR) is 51.6 cm³/mol. The molecule has 0 heterocycles. The topological polar surface area (TPSA) is 38.3 Å². The molecule has 0 amide bonds. The van der Waals surface area contributed by atoms with E-state index in [0.29, 0.717) is 0 Å². The molecule has 74 valence electrons. The first-order valence-electron chi connectivity index (χ1n) is 3.68. The zero-order chi connectivity index (χ0) is 9.07. The van der Waals surface area contributed by atoms with Crippen molar-refractivity contribution in [2.24, 2.45) is 5.41 Å². The molecule has 0 aliphatic heterocycles. The minimum Gasteiger partial charge on any atom is -0.468 e. The minimum absolute atomic E-state index is 0. The molecule has 0 rings (SSSR count). The van der Waals surface area contributed by atoms with Crippen molar-refractivity contribution in [2.75, 3.05) is 14.2 Å². The summed E-state index contributed by atoms with van der Waals surface area (Å²) < 4.78 is 4.63. The Hall–Kier alpha value is -0.280. The molecule has 0 unspecified atom stereocenters. The number of carbonyl (C=O) groups is 1. The second kappa shape index (κ2) is 5.38. The number of halogens is 1. The number of carbonyl (C=O) groups excluding carboxylic acids is 1. The molecular weight excluding hydrogens is 178 g/mol. The largest absolute Gasteiger partial charge is 0.468 e. The number of ether oxygens (including phenoxy) is 1. The van der Waals surface area contributed by atoms with E-state index in [0.717, 1.165) is 0 Å². The first-order valence-corrected chi connectivity index (χ1v) is 3.68. The Morgan fingerprint density at radius 2 is 1.83 bits per heavy atom. The fourth-order valence-corrected chi connectivity index (χ4v) is 1.02. The quantitative estimate of drug-likeness (QED) is 0.674. The van der Waals surface area contributed by atoms with Crippen molar-refractivity contribution in [2.45, 2.75) is 26.8 Å². The van der Waals surface area contributed by atoms with Crippen LogP contribution in [0.1, 0.15) is 20.8 Å². The van der Waals surface area contributed by atoms with E-state index in [1.54, 1.807) is 7.05 Å². The van der Waals surface area contributed by atoms with Gasteiger partial charge in [-0.1, -0.05) is 20.8 Å². The van der Waals surface area contributed by atoms with Crippen LogP contribution >= 0.6 is 12.4 Å². The van der Waals surface area contributed by atoms with E-state index >= 15 is 0 Å². The predicted octanol–water partition coefficient (Wildman–Crippen LogP) is 1.22.